The van der Waals surface area contributed by atoms with Gasteiger partial charge in [0.25, 0.3) is 11.8 Å². The van der Waals surface area contributed by atoms with Crippen LogP contribution in [0.4, 0.5) is 17.1 Å². The van der Waals surface area contributed by atoms with Gasteiger partial charge in [-0.2, -0.15) is 0 Å². The Bertz CT molecular complexity index is 1800. The van der Waals surface area contributed by atoms with Crippen LogP contribution in [0.15, 0.2) is 84.4 Å². The largest absolute Gasteiger partial charge is 0.504 e. The minimum absolute atomic E-state index is 0.0987. The molecule has 0 bridgehead atoms. The Balaban J connectivity index is 1.28. The highest BCUT2D eigenvalue weighted by atomic mass is 35.5. The Kier molecular flexibility index (Phi) is 6.76. The number of fused-ring (bicyclic) bond motifs is 4. The van der Waals surface area contributed by atoms with Gasteiger partial charge in [0.15, 0.2) is 21.2 Å². The van der Waals surface area contributed by atoms with Crippen LogP contribution in [0.5, 0.6) is 11.5 Å². The van der Waals surface area contributed by atoms with Crippen molar-refractivity contribution in [3.8, 4) is 11.5 Å². The highest BCUT2D eigenvalue weighted by Crippen LogP contribution is 2.65. The number of imide groups is 2. The molecule has 11 heteroatoms. The number of nitrogens with one attached hydrogen (secondary N) is 1. The molecule has 2 saturated heterocycles. The Labute approximate surface area is 269 Å². The number of hydrogen-bond acceptors (Lipinski definition) is 7. The molecule has 0 spiro atoms. The number of para-hydroxylation sites is 1. The molecule has 7 rings (SSSR count). The van der Waals surface area contributed by atoms with E-state index in [9.17, 15) is 24.3 Å². The lowest BCUT2D eigenvalue weighted by Crippen LogP contribution is -2.60. The Morgan fingerprint density at radius 3 is 2.27 bits per heavy atom. The summed E-state index contributed by atoms with van der Waals surface area (Å²) >= 11 is 14.4. The van der Waals surface area contributed by atoms with Gasteiger partial charge in [-0.1, -0.05) is 35.9 Å². The number of methoxy groups -OCH3 is 1. The van der Waals surface area contributed by atoms with Crippen LogP contribution in [0, 0.1) is 17.8 Å². The van der Waals surface area contributed by atoms with E-state index in [1.54, 1.807) is 36.4 Å². The molecule has 2 N–H and O–H groups in total. The summed E-state index contributed by atoms with van der Waals surface area (Å²) < 4.78 is 5.34. The van der Waals surface area contributed by atoms with Gasteiger partial charge >= 0.3 is 0 Å². The molecule has 45 heavy (non-hydrogen) atoms. The first-order valence-electron chi connectivity index (χ1n) is 14.6. The van der Waals surface area contributed by atoms with E-state index in [2.05, 4.69) is 5.32 Å². The molecule has 3 fully saturated rings. The van der Waals surface area contributed by atoms with Crippen LogP contribution in [-0.2, 0) is 19.2 Å². The SMILES string of the molecule is COc1cc(C2C3=CCC4C(=O)N(c5ccc(Nc6ccccc6)cc5)C(=O)C4C3CC3(Cl)C(=O)N(C)C(=O)C23Cl)ccc1O. The van der Waals surface area contributed by atoms with E-state index in [1.807, 2.05) is 36.4 Å². The molecule has 1 saturated carbocycles. The quantitative estimate of drug-likeness (QED) is 0.219. The standard InChI is InChI=1S/C34H29Cl2N3O6/c1-38-31(43)33(35)17-24-22(28(34(33,36)32(38)44)18-8-15-25(40)26(16-18)45-2)13-14-23-27(24)30(42)39(29(23)41)21-11-9-20(10-12-21)37-19-6-4-3-5-7-19/h3-13,15-16,23-24,27-28,37,40H,14,17H2,1-2H3. The maximum atomic E-state index is 14.2. The van der Waals surface area contributed by atoms with Gasteiger partial charge in [0.05, 0.1) is 24.6 Å². The van der Waals surface area contributed by atoms with E-state index in [1.165, 1.54) is 25.1 Å². The van der Waals surface area contributed by atoms with Crippen molar-refractivity contribution in [2.75, 3.05) is 24.4 Å². The number of allylic oxidation sites excluding steroid dienone is 2. The van der Waals surface area contributed by atoms with Crippen LogP contribution in [0.3, 0.4) is 0 Å². The highest BCUT2D eigenvalue weighted by Gasteiger charge is 2.75. The van der Waals surface area contributed by atoms with Crippen LogP contribution in [0.2, 0.25) is 0 Å². The van der Waals surface area contributed by atoms with Crippen LogP contribution in [0.1, 0.15) is 24.3 Å². The smallest absolute Gasteiger partial charge is 0.253 e. The van der Waals surface area contributed by atoms with Crippen molar-refractivity contribution < 1.29 is 29.0 Å². The van der Waals surface area contributed by atoms with Crippen molar-refractivity contribution >= 4 is 63.9 Å². The maximum Gasteiger partial charge on any atom is 0.253 e. The van der Waals surface area contributed by atoms with Gasteiger partial charge in [-0.25, -0.2) is 0 Å². The fraction of sp³-hybridized carbons (Fsp3) is 0.294. The molecule has 2 heterocycles. The van der Waals surface area contributed by atoms with Crippen LogP contribution in [0.25, 0.3) is 0 Å². The van der Waals surface area contributed by atoms with E-state index in [-0.39, 0.29) is 36.2 Å². The van der Waals surface area contributed by atoms with Crippen molar-refractivity contribution in [1.82, 2.24) is 4.90 Å². The van der Waals surface area contributed by atoms with E-state index in [0.717, 1.165) is 16.3 Å². The third-order valence-electron chi connectivity index (χ3n) is 9.74. The lowest BCUT2D eigenvalue weighted by molar-refractivity contribution is -0.138. The number of amides is 4. The lowest BCUT2D eigenvalue weighted by Gasteiger charge is -2.50. The minimum atomic E-state index is -1.91. The molecule has 0 radical (unpaired) electrons. The van der Waals surface area contributed by atoms with Gasteiger partial charge in [0.1, 0.15) is 0 Å². The monoisotopic (exact) mass is 645 g/mol. The number of hydrogen-bond donors (Lipinski definition) is 2. The second-order valence-electron chi connectivity index (χ2n) is 12.0. The number of ether oxygens (including phenoxy) is 1. The molecule has 3 aromatic rings. The summed E-state index contributed by atoms with van der Waals surface area (Å²) in [5.74, 6) is -5.06. The van der Waals surface area contributed by atoms with Gasteiger partial charge in [0.2, 0.25) is 11.8 Å². The summed E-state index contributed by atoms with van der Waals surface area (Å²) in [6, 6.07) is 21.3. The van der Waals surface area contributed by atoms with E-state index in [4.69, 9.17) is 27.9 Å². The van der Waals surface area contributed by atoms with Gasteiger partial charge in [-0.3, -0.25) is 29.0 Å². The molecule has 2 aliphatic carbocycles. The van der Waals surface area contributed by atoms with Crippen molar-refractivity contribution in [2.45, 2.75) is 28.5 Å². The zero-order valence-electron chi connectivity index (χ0n) is 24.4. The van der Waals surface area contributed by atoms with Crippen molar-refractivity contribution in [3.05, 3.63) is 90.0 Å². The zero-order chi connectivity index (χ0) is 31.8. The molecule has 6 unspecified atom stereocenters. The molecule has 3 aromatic carbocycles. The van der Waals surface area contributed by atoms with Crippen molar-refractivity contribution in [1.29, 1.82) is 0 Å². The number of phenolic OH excluding ortho intramolecular Hbond substituents is 1. The number of carbonyl (C=O) groups is 4. The molecule has 4 aliphatic rings. The number of halogens is 2. The predicted octanol–water partition coefficient (Wildman–Crippen LogP) is 5.34. The fourth-order valence-electron chi connectivity index (χ4n) is 7.63. The minimum Gasteiger partial charge on any atom is -0.504 e. The second-order valence-corrected chi connectivity index (χ2v) is 13.2. The molecule has 6 atom stereocenters. The summed E-state index contributed by atoms with van der Waals surface area (Å²) in [5.41, 5.74) is 3.29. The van der Waals surface area contributed by atoms with Gasteiger partial charge in [-0.05, 0) is 72.9 Å². The summed E-state index contributed by atoms with van der Waals surface area (Å²) in [4.78, 5) is 53.8. The number of phenols is 1. The van der Waals surface area contributed by atoms with Crippen LogP contribution >= 0.6 is 23.2 Å². The Hall–Kier alpha value is -4.34. The first kappa shape index (κ1) is 29.4. The number of likely N-dealkylation sites (tertiary alicyclic amines) is 1. The Morgan fingerprint density at radius 2 is 1.58 bits per heavy atom. The summed E-state index contributed by atoms with van der Waals surface area (Å²) in [7, 11) is 2.74. The average Bonchev–Trinajstić information content (AvgIpc) is 3.37. The lowest BCUT2D eigenvalue weighted by atomic mass is 9.56. The van der Waals surface area contributed by atoms with E-state index < -0.39 is 45.2 Å². The molecule has 4 amide bonds. The molecular formula is C34H29Cl2N3O6. The maximum absolute atomic E-state index is 14.2. The average molecular weight is 647 g/mol. The summed E-state index contributed by atoms with van der Waals surface area (Å²) in [6.07, 6.45) is 2.02. The van der Waals surface area contributed by atoms with Gasteiger partial charge < -0.3 is 15.2 Å². The first-order chi connectivity index (χ1) is 21.5. The highest BCUT2D eigenvalue weighted by molar-refractivity contribution is 6.53. The molecule has 2 aliphatic heterocycles. The molecule has 230 valence electrons. The fourth-order valence-corrected chi connectivity index (χ4v) is 8.65. The number of benzene rings is 3. The summed E-state index contributed by atoms with van der Waals surface area (Å²) in [5, 5.41) is 13.6. The third-order valence-corrected chi connectivity index (χ3v) is 11.2. The van der Waals surface area contributed by atoms with Crippen LogP contribution < -0.4 is 15.0 Å². The predicted molar refractivity (Wildman–Crippen MR) is 169 cm³/mol. The van der Waals surface area contributed by atoms with Crippen molar-refractivity contribution in [3.63, 3.8) is 0 Å². The second kappa shape index (κ2) is 10.4. The van der Waals surface area contributed by atoms with Crippen molar-refractivity contribution in [2.24, 2.45) is 17.8 Å². The number of carbonyl (C=O) groups excluding carboxylic acids is 4. The third kappa shape index (κ3) is 4.06. The first-order valence-corrected chi connectivity index (χ1v) is 15.3. The number of alkyl halides is 2. The molecular weight excluding hydrogens is 617 g/mol. The number of anilines is 3. The normalized spacial score (nSPS) is 30.5. The van der Waals surface area contributed by atoms with Gasteiger partial charge in [-0.15, -0.1) is 23.2 Å². The Morgan fingerprint density at radius 1 is 0.889 bits per heavy atom. The van der Waals surface area contributed by atoms with E-state index >= 15 is 0 Å². The molecule has 9 nitrogen and oxygen atoms in total. The topological polar surface area (TPSA) is 116 Å². The molecule has 0 aromatic heterocycles. The van der Waals surface area contributed by atoms with Gasteiger partial charge in [0, 0.05) is 24.3 Å². The number of nitrogens with zero attached hydrogens (tertiary/aromatic N) is 2. The van der Waals surface area contributed by atoms with Crippen LogP contribution in [-0.4, -0.2) is 57.5 Å². The van der Waals surface area contributed by atoms with E-state index in [0.29, 0.717) is 16.8 Å². The summed E-state index contributed by atoms with van der Waals surface area (Å²) in [6.45, 7) is 0. The number of aromatic hydroxyl groups is 1. The zero-order valence-corrected chi connectivity index (χ0v) is 25.9. The number of rotatable bonds is 5.